The molecule has 5 rings (SSSR count). The first kappa shape index (κ1) is 16.6. The van der Waals surface area contributed by atoms with Gasteiger partial charge in [0.05, 0.1) is 17.6 Å². The Balaban J connectivity index is 1.34. The Labute approximate surface area is 157 Å². The second-order valence-corrected chi connectivity index (χ2v) is 7.98. The minimum Gasteiger partial charge on any atom is -0.441 e. The number of imidazole rings is 1. The number of nitrogens with zero attached hydrogens (tertiary/aromatic N) is 3. The summed E-state index contributed by atoms with van der Waals surface area (Å²) < 4.78 is 7.62. The highest BCUT2D eigenvalue weighted by Gasteiger charge is 2.42. The van der Waals surface area contributed by atoms with Crippen molar-refractivity contribution in [3.8, 4) is 0 Å². The number of carbonyl (C=O) groups is 2. The highest BCUT2D eigenvalue weighted by Crippen LogP contribution is 2.40. The zero-order chi connectivity index (χ0) is 18.4. The van der Waals surface area contributed by atoms with Crippen molar-refractivity contribution in [1.29, 1.82) is 0 Å². The molecule has 1 atom stereocenters. The topological polar surface area (TPSA) is 76.5 Å². The van der Waals surface area contributed by atoms with Crippen LogP contribution in [0.1, 0.15) is 43.8 Å². The molecule has 1 aliphatic carbocycles. The van der Waals surface area contributed by atoms with Crippen LogP contribution >= 0.6 is 0 Å². The standard InChI is InChI=1S/C20H24N4O3/c25-17(23-10-3-8-20(9-11-23)13-21-19(26)27-20)12-24-16-5-2-1-4-15(16)22-18(24)14-6-7-14/h1-2,4-5,14H,3,6-13H2,(H,21,26)/t20-/m1/s1. The summed E-state index contributed by atoms with van der Waals surface area (Å²) in [4.78, 5) is 31.2. The van der Waals surface area contributed by atoms with Crippen molar-refractivity contribution in [3.63, 3.8) is 0 Å². The zero-order valence-electron chi connectivity index (χ0n) is 15.3. The Morgan fingerprint density at radius 1 is 1.26 bits per heavy atom. The van der Waals surface area contributed by atoms with E-state index in [0.29, 0.717) is 38.5 Å². The molecule has 2 amide bonds. The molecule has 27 heavy (non-hydrogen) atoms. The van der Waals surface area contributed by atoms with E-state index in [9.17, 15) is 9.59 Å². The molecule has 142 valence electrons. The van der Waals surface area contributed by atoms with Gasteiger partial charge in [0.15, 0.2) is 0 Å². The number of hydrogen-bond acceptors (Lipinski definition) is 4. The highest BCUT2D eigenvalue weighted by atomic mass is 16.6. The molecular weight excluding hydrogens is 344 g/mol. The van der Waals surface area contributed by atoms with Crippen molar-refractivity contribution in [2.24, 2.45) is 0 Å². The third-order valence-electron chi connectivity index (χ3n) is 6.03. The van der Waals surface area contributed by atoms with E-state index in [-0.39, 0.29) is 12.0 Å². The highest BCUT2D eigenvalue weighted by molar-refractivity contribution is 5.81. The van der Waals surface area contributed by atoms with Crippen molar-refractivity contribution in [2.45, 2.75) is 50.2 Å². The van der Waals surface area contributed by atoms with E-state index >= 15 is 0 Å². The van der Waals surface area contributed by atoms with Crippen LogP contribution in [0.15, 0.2) is 24.3 Å². The fraction of sp³-hybridized carbons (Fsp3) is 0.550. The maximum Gasteiger partial charge on any atom is 0.407 e. The number of benzene rings is 1. The summed E-state index contributed by atoms with van der Waals surface area (Å²) in [6, 6.07) is 8.05. The van der Waals surface area contributed by atoms with Crippen molar-refractivity contribution < 1.29 is 14.3 Å². The Morgan fingerprint density at radius 2 is 2.11 bits per heavy atom. The number of aromatic nitrogens is 2. The molecule has 3 aliphatic rings. The van der Waals surface area contributed by atoms with Gasteiger partial charge < -0.3 is 19.5 Å². The number of alkyl carbamates (subject to hydrolysis) is 1. The van der Waals surface area contributed by atoms with E-state index in [4.69, 9.17) is 9.72 Å². The molecule has 2 aliphatic heterocycles. The molecule has 2 aromatic rings. The molecule has 1 aromatic carbocycles. The summed E-state index contributed by atoms with van der Waals surface area (Å²) in [5.41, 5.74) is 1.56. The van der Waals surface area contributed by atoms with Crippen LogP contribution in [0, 0.1) is 0 Å². The molecule has 1 spiro atoms. The fourth-order valence-electron chi connectivity index (χ4n) is 4.35. The number of fused-ring (bicyclic) bond motifs is 1. The van der Waals surface area contributed by atoms with Gasteiger partial charge in [-0.15, -0.1) is 0 Å². The molecule has 2 saturated heterocycles. The molecular formula is C20H24N4O3. The first-order chi connectivity index (χ1) is 13.1. The van der Waals surface area contributed by atoms with Gasteiger partial charge in [0.1, 0.15) is 18.0 Å². The second kappa shape index (κ2) is 6.25. The summed E-state index contributed by atoms with van der Waals surface area (Å²) in [6.07, 6.45) is 4.31. The monoisotopic (exact) mass is 368 g/mol. The maximum atomic E-state index is 13.1. The second-order valence-electron chi connectivity index (χ2n) is 7.98. The number of para-hydroxylation sites is 2. The number of carbonyl (C=O) groups excluding carboxylic acids is 2. The van der Waals surface area contributed by atoms with Crippen LogP contribution in [0.4, 0.5) is 4.79 Å². The molecule has 1 saturated carbocycles. The number of likely N-dealkylation sites (tertiary alicyclic amines) is 1. The van der Waals surface area contributed by atoms with Gasteiger partial charge in [0.25, 0.3) is 0 Å². The molecule has 3 fully saturated rings. The van der Waals surface area contributed by atoms with E-state index in [1.165, 1.54) is 0 Å². The summed E-state index contributed by atoms with van der Waals surface area (Å²) in [7, 11) is 0. The van der Waals surface area contributed by atoms with Crippen LogP contribution in [-0.4, -0.2) is 51.7 Å². The minimum absolute atomic E-state index is 0.120. The fourth-order valence-corrected chi connectivity index (χ4v) is 4.35. The van der Waals surface area contributed by atoms with Gasteiger partial charge in [-0.25, -0.2) is 9.78 Å². The smallest absolute Gasteiger partial charge is 0.407 e. The van der Waals surface area contributed by atoms with Gasteiger partial charge in [-0.1, -0.05) is 12.1 Å². The van der Waals surface area contributed by atoms with E-state index in [2.05, 4.69) is 9.88 Å². The Bertz CT molecular complexity index is 904. The van der Waals surface area contributed by atoms with Crippen LogP contribution in [0.3, 0.4) is 0 Å². The van der Waals surface area contributed by atoms with Gasteiger partial charge in [0.2, 0.25) is 5.91 Å². The van der Waals surface area contributed by atoms with Crippen LogP contribution in [0.25, 0.3) is 11.0 Å². The molecule has 3 heterocycles. The molecule has 0 unspecified atom stereocenters. The van der Waals surface area contributed by atoms with E-state index in [0.717, 1.165) is 42.5 Å². The molecule has 7 nitrogen and oxygen atoms in total. The predicted molar refractivity (Wildman–Crippen MR) is 99.4 cm³/mol. The zero-order valence-corrected chi connectivity index (χ0v) is 15.3. The number of amides is 2. The molecule has 0 radical (unpaired) electrons. The number of ether oxygens (including phenoxy) is 1. The molecule has 1 N–H and O–H groups in total. The van der Waals surface area contributed by atoms with Gasteiger partial charge in [-0.05, 0) is 37.8 Å². The van der Waals surface area contributed by atoms with E-state index in [1.807, 2.05) is 29.2 Å². The quantitative estimate of drug-likeness (QED) is 0.903. The van der Waals surface area contributed by atoms with Crippen LogP contribution in [0.5, 0.6) is 0 Å². The minimum atomic E-state index is -0.438. The normalized spacial score (nSPS) is 25.5. The lowest BCUT2D eigenvalue weighted by Crippen LogP contribution is -2.38. The first-order valence-corrected chi connectivity index (χ1v) is 9.83. The van der Waals surface area contributed by atoms with Crippen LogP contribution in [0.2, 0.25) is 0 Å². The van der Waals surface area contributed by atoms with Crippen molar-refractivity contribution in [3.05, 3.63) is 30.1 Å². The molecule has 0 bridgehead atoms. The number of hydrogen-bond donors (Lipinski definition) is 1. The number of rotatable bonds is 3. The average Bonchev–Trinajstić information content (AvgIpc) is 3.40. The lowest BCUT2D eigenvalue weighted by atomic mass is 9.95. The van der Waals surface area contributed by atoms with Crippen molar-refractivity contribution in [2.75, 3.05) is 19.6 Å². The Morgan fingerprint density at radius 3 is 2.89 bits per heavy atom. The third kappa shape index (κ3) is 3.05. The SMILES string of the molecule is O=C1NC[C@]2(CCCN(C(=O)Cn3c(C4CC4)nc4ccccc43)CC2)O1. The summed E-state index contributed by atoms with van der Waals surface area (Å²) in [6.45, 7) is 2.21. The maximum absolute atomic E-state index is 13.1. The van der Waals surface area contributed by atoms with E-state index < -0.39 is 5.60 Å². The van der Waals surface area contributed by atoms with Crippen molar-refractivity contribution >= 4 is 23.0 Å². The third-order valence-corrected chi connectivity index (χ3v) is 6.03. The lowest BCUT2D eigenvalue weighted by Gasteiger charge is -2.25. The number of nitrogens with one attached hydrogen (secondary N) is 1. The summed E-state index contributed by atoms with van der Waals surface area (Å²) in [5.74, 6) is 1.65. The Kier molecular flexibility index (Phi) is 3.84. The largest absolute Gasteiger partial charge is 0.441 e. The van der Waals surface area contributed by atoms with Gasteiger partial charge >= 0.3 is 6.09 Å². The van der Waals surface area contributed by atoms with Crippen LogP contribution in [-0.2, 0) is 16.1 Å². The van der Waals surface area contributed by atoms with Gasteiger partial charge in [-0.3, -0.25) is 4.79 Å². The Hall–Kier alpha value is -2.57. The van der Waals surface area contributed by atoms with Gasteiger partial charge in [-0.2, -0.15) is 0 Å². The molecule has 7 heteroatoms. The predicted octanol–water partition coefficient (Wildman–Crippen LogP) is 2.40. The summed E-state index contributed by atoms with van der Waals surface area (Å²) >= 11 is 0. The first-order valence-electron chi connectivity index (χ1n) is 9.83. The van der Waals surface area contributed by atoms with Crippen molar-refractivity contribution in [1.82, 2.24) is 19.8 Å². The van der Waals surface area contributed by atoms with E-state index in [1.54, 1.807) is 0 Å². The lowest BCUT2D eigenvalue weighted by molar-refractivity contribution is -0.131. The summed E-state index contributed by atoms with van der Waals surface area (Å²) in [5, 5.41) is 2.76. The van der Waals surface area contributed by atoms with Gasteiger partial charge in [0, 0.05) is 25.4 Å². The van der Waals surface area contributed by atoms with Crippen LogP contribution < -0.4 is 5.32 Å². The molecule has 1 aromatic heterocycles. The average molecular weight is 368 g/mol.